The molecule has 0 aromatic carbocycles. The van der Waals surface area contributed by atoms with E-state index in [1.165, 1.54) is 12.8 Å². The minimum Gasteiger partial charge on any atom is -0.396 e. The summed E-state index contributed by atoms with van der Waals surface area (Å²) < 4.78 is 0. The summed E-state index contributed by atoms with van der Waals surface area (Å²) in [7, 11) is 0. The molecule has 0 aromatic rings. The number of aliphatic hydroxyl groups is 1. The quantitative estimate of drug-likeness (QED) is 0.730. The molecule has 0 aromatic heterocycles. The van der Waals surface area contributed by atoms with Crippen LogP contribution in [0.3, 0.4) is 0 Å². The summed E-state index contributed by atoms with van der Waals surface area (Å²) in [5, 5.41) is 12.9. The van der Waals surface area contributed by atoms with Gasteiger partial charge in [-0.25, -0.2) is 0 Å². The molecular weight excluding hydrogens is 216 g/mol. The minimum atomic E-state index is 0.0360. The van der Waals surface area contributed by atoms with E-state index in [-0.39, 0.29) is 24.0 Å². The molecule has 3 fully saturated rings. The Balaban J connectivity index is 1.69. The second-order valence-corrected chi connectivity index (χ2v) is 5.98. The third-order valence-corrected chi connectivity index (χ3v) is 5.02. The zero-order valence-electron chi connectivity index (χ0n) is 10.3. The lowest BCUT2D eigenvalue weighted by atomic mass is 9.82. The van der Waals surface area contributed by atoms with Gasteiger partial charge in [0.1, 0.15) is 0 Å². The van der Waals surface area contributed by atoms with Crippen molar-refractivity contribution in [1.29, 1.82) is 0 Å². The first-order valence-electron chi connectivity index (χ1n) is 6.88. The molecule has 2 N–H and O–H groups in total. The Morgan fingerprint density at radius 3 is 2.94 bits per heavy atom. The van der Waals surface area contributed by atoms with Crippen molar-refractivity contribution in [1.82, 2.24) is 10.2 Å². The molecule has 4 nitrogen and oxygen atoms in total. The van der Waals surface area contributed by atoms with Gasteiger partial charge >= 0.3 is 0 Å². The molecule has 96 valence electrons. The van der Waals surface area contributed by atoms with Crippen molar-refractivity contribution >= 4 is 5.91 Å². The van der Waals surface area contributed by atoms with Gasteiger partial charge in [-0.3, -0.25) is 4.79 Å². The van der Waals surface area contributed by atoms with Gasteiger partial charge in [0.15, 0.2) is 0 Å². The molecular formula is C13H22N2O2. The maximum Gasteiger partial charge on any atom is 0.239 e. The highest BCUT2D eigenvalue weighted by molar-refractivity contribution is 5.82. The molecule has 17 heavy (non-hydrogen) atoms. The monoisotopic (exact) mass is 238 g/mol. The van der Waals surface area contributed by atoms with E-state index in [4.69, 9.17) is 0 Å². The van der Waals surface area contributed by atoms with E-state index in [1.807, 2.05) is 4.90 Å². The van der Waals surface area contributed by atoms with Crippen LogP contribution in [-0.2, 0) is 4.79 Å². The van der Waals surface area contributed by atoms with Crippen molar-refractivity contribution in [3.8, 4) is 0 Å². The Bertz CT molecular complexity index is 315. The van der Waals surface area contributed by atoms with Crippen molar-refractivity contribution in [3.63, 3.8) is 0 Å². The van der Waals surface area contributed by atoms with Crippen LogP contribution in [0.1, 0.15) is 32.1 Å². The van der Waals surface area contributed by atoms with Gasteiger partial charge in [0.05, 0.1) is 12.6 Å². The normalized spacial score (nSPS) is 40.9. The van der Waals surface area contributed by atoms with Crippen LogP contribution in [-0.4, -0.2) is 48.2 Å². The molecule has 0 unspecified atom stereocenters. The number of hydrogen-bond donors (Lipinski definition) is 2. The van der Waals surface area contributed by atoms with Crippen LogP contribution in [0.2, 0.25) is 0 Å². The highest BCUT2D eigenvalue weighted by Gasteiger charge is 2.50. The van der Waals surface area contributed by atoms with Crippen LogP contribution in [0, 0.1) is 11.3 Å². The second-order valence-electron chi connectivity index (χ2n) is 5.98. The number of fused-ring (bicyclic) bond motifs is 1. The summed E-state index contributed by atoms with van der Waals surface area (Å²) in [5.74, 6) is 0.808. The van der Waals surface area contributed by atoms with Crippen molar-refractivity contribution in [2.24, 2.45) is 11.3 Å². The standard InChI is InChI=1S/C13H22N2O2/c16-9-13-5-1-3-10(13)7-15(8-13)12(17)11-4-2-6-14-11/h10-11,14,16H,1-9H2/t10-,11-,13+/m0/s1. The number of aliphatic hydroxyl groups excluding tert-OH is 1. The molecule has 3 aliphatic rings. The first-order valence-corrected chi connectivity index (χ1v) is 6.88. The van der Waals surface area contributed by atoms with Crippen LogP contribution in [0.4, 0.5) is 0 Å². The largest absolute Gasteiger partial charge is 0.396 e. The predicted molar refractivity (Wildman–Crippen MR) is 64.5 cm³/mol. The number of nitrogens with one attached hydrogen (secondary N) is 1. The molecule has 1 saturated carbocycles. The van der Waals surface area contributed by atoms with Crippen LogP contribution < -0.4 is 5.32 Å². The predicted octanol–water partition coefficient (Wildman–Crippen LogP) is 0.359. The molecule has 0 bridgehead atoms. The van der Waals surface area contributed by atoms with E-state index < -0.39 is 0 Å². The van der Waals surface area contributed by atoms with Crippen molar-refractivity contribution < 1.29 is 9.90 Å². The summed E-state index contributed by atoms with van der Waals surface area (Å²) in [5.41, 5.74) is 0.0360. The first-order chi connectivity index (χ1) is 8.25. The Labute approximate surface area is 102 Å². The number of carbonyl (C=O) groups excluding carboxylic acids is 1. The fourth-order valence-electron chi connectivity index (χ4n) is 3.96. The first kappa shape index (κ1) is 11.5. The molecule has 0 spiro atoms. The lowest BCUT2D eigenvalue weighted by Crippen LogP contribution is -2.43. The Morgan fingerprint density at radius 2 is 2.29 bits per heavy atom. The van der Waals surface area contributed by atoms with Crippen molar-refractivity contribution in [2.45, 2.75) is 38.1 Å². The third-order valence-electron chi connectivity index (χ3n) is 5.02. The van der Waals surface area contributed by atoms with Gasteiger partial charge < -0.3 is 15.3 Å². The van der Waals surface area contributed by atoms with Crippen molar-refractivity contribution in [2.75, 3.05) is 26.2 Å². The molecule has 2 heterocycles. The smallest absolute Gasteiger partial charge is 0.239 e. The minimum absolute atomic E-state index is 0.0360. The highest BCUT2D eigenvalue weighted by atomic mass is 16.3. The number of likely N-dealkylation sites (tertiary alicyclic amines) is 1. The fraction of sp³-hybridized carbons (Fsp3) is 0.923. The van der Waals surface area contributed by atoms with Gasteiger partial charge in [-0.2, -0.15) is 0 Å². The molecule has 0 radical (unpaired) electrons. The average Bonchev–Trinajstić information content (AvgIpc) is 3.03. The number of carbonyl (C=O) groups is 1. The summed E-state index contributed by atoms with van der Waals surface area (Å²) in [6.07, 6.45) is 5.58. The maximum atomic E-state index is 12.3. The van der Waals surface area contributed by atoms with E-state index in [1.54, 1.807) is 0 Å². The Morgan fingerprint density at radius 1 is 1.41 bits per heavy atom. The second kappa shape index (κ2) is 4.25. The third kappa shape index (κ3) is 1.78. The van der Waals surface area contributed by atoms with Crippen LogP contribution in [0.15, 0.2) is 0 Å². The lowest BCUT2D eigenvalue weighted by Gasteiger charge is -2.26. The molecule has 3 atom stereocenters. The SMILES string of the molecule is O=C([C@@H]1CCCN1)N1C[C@@H]2CCC[C@]2(CO)C1. The van der Waals surface area contributed by atoms with Gasteiger partial charge in [-0.05, 0) is 38.1 Å². The summed E-state index contributed by atoms with van der Waals surface area (Å²) in [6.45, 7) is 2.88. The van der Waals surface area contributed by atoms with Gasteiger partial charge in [0.2, 0.25) is 5.91 Å². The Hall–Kier alpha value is -0.610. The molecule has 3 rings (SSSR count). The number of rotatable bonds is 2. The lowest BCUT2D eigenvalue weighted by molar-refractivity contribution is -0.132. The van der Waals surface area contributed by atoms with E-state index in [9.17, 15) is 9.90 Å². The van der Waals surface area contributed by atoms with Crippen LogP contribution in [0.5, 0.6) is 0 Å². The van der Waals surface area contributed by atoms with E-state index >= 15 is 0 Å². The molecule has 1 amide bonds. The molecule has 4 heteroatoms. The number of nitrogens with zero attached hydrogens (tertiary/aromatic N) is 1. The zero-order valence-corrected chi connectivity index (χ0v) is 10.3. The van der Waals surface area contributed by atoms with E-state index in [0.29, 0.717) is 5.92 Å². The van der Waals surface area contributed by atoms with Gasteiger partial charge in [-0.1, -0.05) is 6.42 Å². The van der Waals surface area contributed by atoms with Gasteiger partial charge in [-0.15, -0.1) is 0 Å². The van der Waals surface area contributed by atoms with Crippen LogP contribution >= 0.6 is 0 Å². The molecule has 1 aliphatic carbocycles. The van der Waals surface area contributed by atoms with E-state index in [0.717, 1.165) is 38.9 Å². The highest BCUT2D eigenvalue weighted by Crippen LogP contribution is 2.48. The zero-order chi connectivity index (χ0) is 11.9. The fourth-order valence-corrected chi connectivity index (χ4v) is 3.96. The maximum absolute atomic E-state index is 12.3. The summed E-state index contributed by atoms with van der Waals surface area (Å²) in [4.78, 5) is 14.3. The Kier molecular flexibility index (Phi) is 2.87. The summed E-state index contributed by atoms with van der Waals surface area (Å²) >= 11 is 0. The average molecular weight is 238 g/mol. The van der Waals surface area contributed by atoms with Crippen molar-refractivity contribution in [3.05, 3.63) is 0 Å². The molecule has 2 aliphatic heterocycles. The summed E-state index contributed by atoms with van der Waals surface area (Å²) in [6, 6.07) is 0.0459. The van der Waals surface area contributed by atoms with Gasteiger partial charge in [0, 0.05) is 18.5 Å². The van der Waals surface area contributed by atoms with E-state index in [2.05, 4.69) is 5.32 Å². The molecule has 2 saturated heterocycles. The van der Waals surface area contributed by atoms with Gasteiger partial charge in [0.25, 0.3) is 0 Å². The van der Waals surface area contributed by atoms with Crippen LogP contribution in [0.25, 0.3) is 0 Å². The number of amides is 1. The topological polar surface area (TPSA) is 52.6 Å². The number of hydrogen-bond acceptors (Lipinski definition) is 3.